The lowest BCUT2D eigenvalue weighted by Gasteiger charge is -2.36. The van der Waals surface area contributed by atoms with Crippen molar-refractivity contribution < 1.29 is 9.72 Å². The molecule has 2 aromatic carbocycles. The second kappa shape index (κ2) is 9.97. The number of nitro groups is 1. The zero-order valence-electron chi connectivity index (χ0n) is 19.4. The van der Waals surface area contributed by atoms with E-state index in [9.17, 15) is 19.7 Å². The molecule has 9 heteroatoms. The fourth-order valence-corrected chi connectivity index (χ4v) is 5.54. The topological polar surface area (TPSA) is 107 Å². The molecule has 178 valence electrons. The van der Waals surface area contributed by atoms with Gasteiger partial charge in [0.2, 0.25) is 5.91 Å². The average Bonchev–Trinajstić information content (AvgIpc) is 2.82. The van der Waals surface area contributed by atoms with Crippen molar-refractivity contribution in [3.05, 3.63) is 69.0 Å². The van der Waals surface area contributed by atoms with Crippen molar-refractivity contribution >= 4 is 39.9 Å². The zero-order valence-corrected chi connectivity index (χ0v) is 20.2. The summed E-state index contributed by atoms with van der Waals surface area (Å²) < 4.78 is 1.80. The predicted molar refractivity (Wildman–Crippen MR) is 134 cm³/mol. The number of rotatable bonds is 6. The maximum atomic E-state index is 13.6. The molecule has 3 aromatic rings. The maximum Gasteiger partial charge on any atom is 0.271 e. The summed E-state index contributed by atoms with van der Waals surface area (Å²) in [5.41, 5.74) is 0.785. The number of benzene rings is 2. The molecule has 1 aliphatic rings. The van der Waals surface area contributed by atoms with Crippen molar-refractivity contribution in [3.8, 4) is 0 Å². The van der Waals surface area contributed by atoms with Gasteiger partial charge in [-0.2, -0.15) is 0 Å². The number of fused-ring (bicyclic) bond motifs is 1. The van der Waals surface area contributed by atoms with Gasteiger partial charge in [-0.25, -0.2) is 4.98 Å². The van der Waals surface area contributed by atoms with E-state index in [4.69, 9.17) is 4.98 Å². The van der Waals surface area contributed by atoms with Gasteiger partial charge < -0.3 is 5.32 Å². The van der Waals surface area contributed by atoms with E-state index in [2.05, 4.69) is 19.2 Å². The number of anilines is 1. The average molecular weight is 481 g/mol. The first-order valence-electron chi connectivity index (χ1n) is 11.5. The molecule has 1 N–H and O–H groups in total. The quantitative estimate of drug-likeness (QED) is 0.218. The van der Waals surface area contributed by atoms with Gasteiger partial charge in [-0.3, -0.25) is 24.3 Å². The lowest BCUT2D eigenvalue weighted by Crippen LogP contribution is -2.36. The fourth-order valence-electron chi connectivity index (χ4n) is 4.57. The van der Waals surface area contributed by atoms with E-state index in [1.165, 1.54) is 30.0 Å². The van der Waals surface area contributed by atoms with E-state index in [1.54, 1.807) is 23.6 Å². The van der Waals surface area contributed by atoms with Gasteiger partial charge in [-0.05, 0) is 43.4 Å². The molecule has 0 saturated heterocycles. The van der Waals surface area contributed by atoms with Crippen LogP contribution in [0.15, 0.2) is 58.5 Å². The van der Waals surface area contributed by atoms with E-state index < -0.39 is 10.2 Å². The molecule has 0 radical (unpaired) electrons. The van der Waals surface area contributed by atoms with Crippen LogP contribution in [0.2, 0.25) is 0 Å². The Morgan fingerprint density at radius 2 is 1.97 bits per heavy atom. The fraction of sp³-hybridized carbons (Fsp3) is 0.400. The predicted octanol–water partition coefficient (Wildman–Crippen LogP) is 5.42. The summed E-state index contributed by atoms with van der Waals surface area (Å²) >= 11 is 1.24. The first-order chi connectivity index (χ1) is 16.3. The molecule has 4 rings (SSSR count). The molecule has 0 aliphatic heterocycles. The van der Waals surface area contributed by atoms with E-state index in [0.29, 0.717) is 33.6 Å². The van der Waals surface area contributed by atoms with Crippen LogP contribution in [0.3, 0.4) is 0 Å². The highest BCUT2D eigenvalue weighted by Gasteiger charge is 2.32. The lowest BCUT2D eigenvalue weighted by atomic mass is 9.78. The zero-order chi connectivity index (χ0) is 24.4. The lowest BCUT2D eigenvalue weighted by molar-refractivity contribution is -0.384. The van der Waals surface area contributed by atoms with Crippen molar-refractivity contribution in [2.24, 2.45) is 11.8 Å². The number of nitro benzene ring substituents is 1. The first-order valence-corrected chi connectivity index (χ1v) is 12.4. The number of amides is 1. The summed E-state index contributed by atoms with van der Waals surface area (Å²) in [6, 6.07) is 13.1. The van der Waals surface area contributed by atoms with E-state index in [0.717, 1.165) is 19.3 Å². The minimum absolute atomic E-state index is 0.0166. The number of carbonyl (C=O) groups excluding carboxylic acids is 1. The summed E-state index contributed by atoms with van der Waals surface area (Å²) in [6.07, 6.45) is 3.08. The molecule has 0 unspecified atom stereocenters. The van der Waals surface area contributed by atoms with Crippen molar-refractivity contribution in [1.29, 1.82) is 0 Å². The second-order valence-electron chi connectivity index (χ2n) is 8.98. The molecule has 1 saturated carbocycles. The number of nitrogens with zero attached hydrogens (tertiary/aromatic N) is 3. The van der Waals surface area contributed by atoms with Crippen LogP contribution in [0, 0.1) is 22.0 Å². The van der Waals surface area contributed by atoms with Crippen LogP contribution in [0.4, 0.5) is 11.4 Å². The third-order valence-corrected chi connectivity index (χ3v) is 7.81. The van der Waals surface area contributed by atoms with Gasteiger partial charge in [0.25, 0.3) is 11.2 Å². The van der Waals surface area contributed by atoms with Crippen LogP contribution < -0.4 is 10.9 Å². The number of hydrogen-bond acceptors (Lipinski definition) is 6. The molecule has 4 atom stereocenters. The molecule has 1 aromatic heterocycles. The number of hydrogen-bond donors (Lipinski definition) is 1. The van der Waals surface area contributed by atoms with E-state index in [-0.39, 0.29) is 23.2 Å². The van der Waals surface area contributed by atoms with Crippen molar-refractivity contribution in [3.63, 3.8) is 0 Å². The van der Waals surface area contributed by atoms with Gasteiger partial charge in [-0.15, -0.1) is 0 Å². The molecule has 1 amide bonds. The van der Waals surface area contributed by atoms with Crippen LogP contribution in [-0.4, -0.2) is 25.6 Å². The Morgan fingerprint density at radius 1 is 1.21 bits per heavy atom. The van der Waals surface area contributed by atoms with Gasteiger partial charge in [0.05, 0.1) is 21.1 Å². The third kappa shape index (κ3) is 4.84. The summed E-state index contributed by atoms with van der Waals surface area (Å²) in [5, 5.41) is 14.3. The molecule has 8 nitrogen and oxygen atoms in total. The van der Waals surface area contributed by atoms with Crippen LogP contribution in [-0.2, 0) is 4.79 Å². The van der Waals surface area contributed by atoms with Crippen LogP contribution in [0.5, 0.6) is 0 Å². The Kier molecular flexibility index (Phi) is 7.02. The Hall–Kier alpha value is -3.20. The molecule has 0 spiro atoms. The highest BCUT2D eigenvalue weighted by molar-refractivity contribution is 8.00. The van der Waals surface area contributed by atoms with E-state index in [1.807, 2.05) is 18.2 Å². The number of thioether (sulfide) groups is 1. The van der Waals surface area contributed by atoms with Crippen LogP contribution >= 0.6 is 11.8 Å². The molecule has 0 bridgehead atoms. The number of para-hydroxylation sites is 1. The number of non-ortho nitro benzene ring substituents is 1. The molecule has 1 fully saturated rings. The van der Waals surface area contributed by atoms with Gasteiger partial charge >= 0.3 is 0 Å². The van der Waals surface area contributed by atoms with E-state index >= 15 is 0 Å². The van der Waals surface area contributed by atoms with Gasteiger partial charge in [0, 0.05) is 23.9 Å². The minimum Gasteiger partial charge on any atom is -0.325 e. The maximum absolute atomic E-state index is 13.6. The Morgan fingerprint density at radius 3 is 2.74 bits per heavy atom. The van der Waals surface area contributed by atoms with Crippen molar-refractivity contribution in [2.45, 2.75) is 56.5 Å². The smallest absolute Gasteiger partial charge is 0.271 e. The molecule has 34 heavy (non-hydrogen) atoms. The molecule has 1 aliphatic carbocycles. The monoisotopic (exact) mass is 480 g/mol. The van der Waals surface area contributed by atoms with Crippen molar-refractivity contribution in [2.75, 3.05) is 5.32 Å². The molecular formula is C25H28N4O4S. The summed E-state index contributed by atoms with van der Waals surface area (Å²) in [7, 11) is 0. The number of aromatic nitrogens is 2. The van der Waals surface area contributed by atoms with Crippen molar-refractivity contribution in [1.82, 2.24) is 9.55 Å². The highest BCUT2D eigenvalue weighted by Crippen LogP contribution is 2.39. The van der Waals surface area contributed by atoms with Gasteiger partial charge in [0.15, 0.2) is 5.16 Å². The summed E-state index contributed by atoms with van der Waals surface area (Å²) in [6.45, 7) is 6.15. The van der Waals surface area contributed by atoms with Crippen LogP contribution in [0.1, 0.15) is 46.1 Å². The van der Waals surface area contributed by atoms with Gasteiger partial charge in [-0.1, -0.05) is 56.7 Å². The Balaban J connectivity index is 1.66. The first kappa shape index (κ1) is 23.9. The summed E-state index contributed by atoms with van der Waals surface area (Å²) in [5.74, 6) is 0.483. The molecule has 1 heterocycles. The minimum atomic E-state index is -0.574. The molecular weight excluding hydrogens is 452 g/mol. The Bertz CT molecular complexity index is 1290. The SMILES string of the molecule is C[C@H]1[C@H](C)CCC[C@@H]1n1c(S[C@H](C)C(=O)Nc2cccc([N+](=O)[O-])c2)nc2ccccc2c1=O. The van der Waals surface area contributed by atoms with Gasteiger partial charge in [0.1, 0.15) is 0 Å². The normalized spacial score (nSPS) is 21.2. The van der Waals surface area contributed by atoms with Crippen LogP contribution in [0.25, 0.3) is 10.9 Å². The highest BCUT2D eigenvalue weighted by atomic mass is 32.2. The number of carbonyl (C=O) groups is 1. The standard InChI is InChI=1S/C25H28N4O4S/c1-15-8-6-13-22(16(15)2)28-24(31)20-11-4-5-12-21(20)27-25(28)34-17(3)23(30)26-18-9-7-10-19(14-18)29(32)33/h4-5,7,9-12,14-17,22H,6,8,13H2,1-3H3,(H,26,30)/t15-,16+,17-,22+/m1/s1. The summed E-state index contributed by atoms with van der Waals surface area (Å²) in [4.78, 5) is 41.9. The Labute approximate surface area is 201 Å². The second-order valence-corrected chi connectivity index (χ2v) is 10.3. The largest absolute Gasteiger partial charge is 0.325 e. The number of nitrogens with one attached hydrogen (secondary N) is 1. The third-order valence-electron chi connectivity index (χ3n) is 6.75.